The number of hydrogen-bond donors (Lipinski definition) is 2. The Morgan fingerprint density at radius 2 is 2.25 bits per heavy atom. The van der Waals surface area contributed by atoms with E-state index in [0.29, 0.717) is 12.5 Å². The molecule has 2 heterocycles. The molecule has 1 atom stereocenters. The number of hydrogen-bond acceptors (Lipinski definition) is 5. The van der Waals surface area contributed by atoms with Crippen LogP contribution in [-0.2, 0) is 10.0 Å². The molecule has 108 valence electrons. The third kappa shape index (κ3) is 3.01. The lowest BCUT2D eigenvalue weighted by atomic mass is 10.0. The van der Waals surface area contributed by atoms with Crippen molar-refractivity contribution in [3.05, 3.63) is 24.3 Å². The predicted octanol–water partition coefficient (Wildman–Crippen LogP) is 1.57. The molecule has 3 rings (SSSR count). The fourth-order valence-electron chi connectivity index (χ4n) is 2.35. The minimum absolute atomic E-state index is 0.155. The first kappa shape index (κ1) is 13.9. The molecule has 0 aliphatic carbocycles. The van der Waals surface area contributed by atoms with Crippen LogP contribution in [0, 0.1) is 5.92 Å². The quantitative estimate of drug-likeness (QED) is 0.899. The molecule has 1 aliphatic heterocycles. The molecule has 0 spiro atoms. The molecule has 1 fully saturated rings. The second-order valence-electron chi connectivity index (χ2n) is 5.01. The van der Waals surface area contributed by atoms with Gasteiger partial charge >= 0.3 is 0 Å². The zero-order valence-electron chi connectivity index (χ0n) is 11.0. The topological polar surface area (TPSA) is 71.1 Å². The van der Waals surface area contributed by atoms with Crippen molar-refractivity contribution < 1.29 is 8.42 Å². The van der Waals surface area contributed by atoms with Crippen molar-refractivity contribution in [1.82, 2.24) is 15.0 Å². The number of sulfonamides is 1. The monoisotopic (exact) mass is 311 g/mol. The van der Waals surface area contributed by atoms with Gasteiger partial charge in [0.05, 0.1) is 10.2 Å². The van der Waals surface area contributed by atoms with Crippen molar-refractivity contribution in [1.29, 1.82) is 0 Å². The van der Waals surface area contributed by atoms with Gasteiger partial charge in [0.25, 0.3) is 10.0 Å². The number of thiazole rings is 1. The van der Waals surface area contributed by atoms with Gasteiger partial charge in [0.15, 0.2) is 0 Å². The van der Waals surface area contributed by atoms with Crippen molar-refractivity contribution in [2.24, 2.45) is 5.92 Å². The van der Waals surface area contributed by atoms with Gasteiger partial charge in [-0.1, -0.05) is 12.1 Å². The largest absolute Gasteiger partial charge is 0.316 e. The zero-order chi connectivity index (χ0) is 14.0. The molecule has 20 heavy (non-hydrogen) atoms. The Hall–Kier alpha value is -1.02. The maximum absolute atomic E-state index is 12.3. The van der Waals surface area contributed by atoms with Crippen LogP contribution in [0.4, 0.5) is 0 Å². The average Bonchev–Trinajstić information content (AvgIpc) is 2.91. The molecule has 0 bridgehead atoms. The van der Waals surface area contributed by atoms with Gasteiger partial charge in [0, 0.05) is 6.54 Å². The highest BCUT2D eigenvalue weighted by Crippen LogP contribution is 2.25. The first-order valence-electron chi connectivity index (χ1n) is 6.71. The number of piperidine rings is 1. The molecule has 0 amide bonds. The summed E-state index contributed by atoms with van der Waals surface area (Å²) in [6, 6.07) is 7.46. The molecule has 0 saturated carbocycles. The predicted molar refractivity (Wildman–Crippen MR) is 80.4 cm³/mol. The van der Waals surface area contributed by atoms with Crippen LogP contribution in [0.3, 0.4) is 0 Å². The smallest absolute Gasteiger partial charge is 0.267 e. The summed E-state index contributed by atoms with van der Waals surface area (Å²) in [7, 11) is -3.49. The number of rotatable bonds is 4. The van der Waals surface area contributed by atoms with E-state index in [1.165, 1.54) is 11.3 Å². The Morgan fingerprint density at radius 1 is 1.40 bits per heavy atom. The number of fused-ring (bicyclic) bond motifs is 1. The number of nitrogens with one attached hydrogen (secondary N) is 2. The van der Waals surface area contributed by atoms with E-state index in [9.17, 15) is 8.42 Å². The maximum Gasteiger partial charge on any atom is 0.267 e. The molecule has 1 unspecified atom stereocenters. The Balaban J connectivity index is 1.73. The Kier molecular flexibility index (Phi) is 4.02. The minimum Gasteiger partial charge on any atom is -0.316 e. The fraction of sp³-hybridized carbons (Fsp3) is 0.462. The van der Waals surface area contributed by atoms with Crippen LogP contribution in [0.1, 0.15) is 12.8 Å². The molecular weight excluding hydrogens is 294 g/mol. The summed E-state index contributed by atoms with van der Waals surface area (Å²) in [5.41, 5.74) is 0.734. The molecular formula is C13H17N3O2S2. The van der Waals surface area contributed by atoms with Gasteiger partial charge in [-0.15, -0.1) is 11.3 Å². The molecule has 2 aromatic rings. The van der Waals surface area contributed by atoms with E-state index in [0.717, 1.165) is 36.1 Å². The molecule has 1 aromatic carbocycles. The summed E-state index contributed by atoms with van der Waals surface area (Å²) in [4.78, 5) is 4.20. The lowest BCUT2D eigenvalue weighted by molar-refractivity contribution is 0.376. The van der Waals surface area contributed by atoms with E-state index in [-0.39, 0.29) is 4.34 Å². The molecule has 0 radical (unpaired) electrons. The van der Waals surface area contributed by atoms with Crippen LogP contribution < -0.4 is 10.0 Å². The van der Waals surface area contributed by atoms with Gasteiger partial charge in [-0.25, -0.2) is 18.1 Å². The van der Waals surface area contributed by atoms with Crippen molar-refractivity contribution in [3.8, 4) is 0 Å². The van der Waals surface area contributed by atoms with E-state index < -0.39 is 10.0 Å². The number of nitrogens with zero attached hydrogens (tertiary/aromatic N) is 1. The summed E-state index contributed by atoms with van der Waals surface area (Å²) in [6.45, 7) is 2.38. The number of benzene rings is 1. The molecule has 7 heteroatoms. The van der Waals surface area contributed by atoms with Crippen molar-refractivity contribution >= 4 is 31.6 Å². The summed E-state index contributed by atoms with van der Waals surface area (Å²) >= 11 is 1.21. The van der Waals surface area contributed by atoms with E-state index >= 15 is 0 Å². The van der Waals surface area contributed by atoms with Gasteiger partial charge in [-0.3, -0.25) is 0 Å². The summed E-state index contributed by atoms with van der Waals surface area (Å²) in [5.74, 6) is 0.368. The second-order valence-corrected chi connectivity index (χ2v) is 7.98. The van der Waals surface area contributed by atoms with Crippen LogP contribution in [0.25, 0.3) is 10.2 Å². The van der Waals surface area contributed by atoms with Gasteiger partial charge in [0.2, 0.25) is 4.34 Å². The molecule has 5 nitrogen and oxygen atoms in total. The van der Waals surface area contributed by atoms with Crippen LogP contribution in [0.15, 0.2) is 28.6 Å². The fourth-order valence-corrected chi connectivity index (χ4v) is 4.73. The van der Waals surface area contributed by atoms with Gasteiger partial charge < -0.3 is 5.32 Å². The Bertz CT molecular complexity index is 657. The highest BCUT2D eigenvalue weighted by molar-refractivity contribution is 7.91. The highest BCUT2D eigenvalue weighted by Gasteiger charge is 2.21. The minimum atomic E-state index is -3.49. The highest BCUT2D eigenvalue weighted by atomic mass is 32.2. The van der Waals surface area contributed by atoms with Gasteiger partial charge in [0.1, 0.15) is 0 Å². The molecule has 2 N–H and O–H groups in total. The summed E-state index contributed by atoms with van der Waals surface area (Å²) in [6.07, 6.45) is 2.17. The lowest BCUT2D eigenvalue weighted by Crippen LogP contribution is -2.38. The first-order valence-corrected chi connectivity index (χ1v) is 9.01. The molecule has 1 aliphatic rings. The standard InChI is InChI=1S/C13H17N3O2S2/c17-20(18,15-9-10-4-3-7-14-8-10)13-16-11-5-1-2-6-12(11)19-13/h1-2,5-6,10,14-15H,3-4,7-9H2. The van der Waals surface area contributed by atoms with Crippen LogP contribution in [0.5, 0.6) is 0 Å². The van der Waals surface area contributed by atoms with Crippen molar-refractivity contribution in [2.75, 3.05) is 19.6 Å². The van der Waals surface area contributed by atoms with E-state index in [2.05, 4.69) is 15.0 Å². The lowest BCUT2D eigenvalue weighted by Gasteiger charge is -2.22. The second kappa shape index (κ2) is 5.77. The third-order valence-electron chi connectivity index (χ3n) is 3.47. The molecule has 1 aromatic heterocycles. The summed E-state index contributed by atoms with van der Waals surface area (Å²) < 4.78 is 28.3. The van der Waals surface area contributed by atoms with Gasteiger partial charge in [-0.2, -0.15) is 0 Å². The van der Waals surface area contributed by atoms with E-state index in [4.69, 9.17) is 0 Å². The Morgan fingerprint density at radius 3 is 3.00 bits per heavy atom. The van der Waals surface area contributed by atoms with Crippen molar-refractivity contribution in [3.63, 3.8) is 0 Å². The third-order valence-corrected chi connectivity index (χ3v) is 6.30. The number of aromatic nitrogens is 1. The van der Waals surface area contributed by atoms with E-state index in [1.54, 1.807) is 0 Å². The van der Waals surface area contributed by atoms with Crippen molar-refractivity contribution in [2.45, 2.75) is 17.2 Å². The molecule has 1 saturated heterocycles. The first-order chi connectivity index (χ1) is 9.65. The van der Waals surface area contributed by atoms with Crippen LogP contribution in [-0.4, -0.2) is 33.0 Å². The van der Waals surface area contributed by atoms with Crippen LogP contribution >= 0.6 is 11.3 Å². The van der Waals surface area contributed by atoms with Gasteiger partial charge in [-0.05, 0) is 44.0 Å². The Labute approximate surface area is 122 Å². The summed E-state index contributed by atoms with van der Waals surface area (Å²) in [5, 5.41) is 3.28. The zero-order valence-corrected chi connectivity index (χ0v) is 12.6. The average molecular weight is 311 g/mol. The SMILES string of the molecule is O=S(=O)(NCC1CCCNC1)c1nc2ccccc2s1. The number of para-hydroxylation sites is 1. The van der Waals surface area contributed by atoms with Crippen LogP contribution in [0.2, 0.25) is 0 Å². The van der Waals surface area contributed by atoms with E-state index in [1.807, 2.05) is 24.3 Å². The maximum atomic E-state index is 12.3. The normalized spacial score (nSPS) is 20.3.